The molecule has 0 saturated carbocycles. The van der Waals surface area contributed by atoms with E-state index in [-0.39, 0.29) is 16.8 Å². The normalized spacial score (nSPS) is 12.8. The van der Waals surface area contributed by atoms with E-state index < -0.39 is 10.0 Å². The number of sulfonamides is 1. The van der Waals surface area contributed by atoms with Gasteiger partial charge in [-0.3, -0.25) is 4.79 Å². The average Bonchev–Trinajstić information content (AvgIpc) is 2.63. The summed E-state index contributed by atoms with van der Waals surface area (Å²) < 4.78 is 26.6. The second kappa shape index (κ2) is 8.66. The number of rotatable bonds is 7. The fourth-order valence-corrected chi connectivity index (χ4v) is 4.26. The van der Waals surface area contributed by atoms with Gasteiger partial charge in [0.15, 0.2) is 0 Å². The van der Waals surface area contributed by atoms with Gasteiger partial charge in [-0.2, -0.15) is 4.31 Å². The van der Waals surface area contributed by atoms with Crippen LogP contribution in [0.2, 0.25) is 5.02 Å². The molecule has 1 N–H and O–H groups in total. The van der Waals surface area contributed by atoms with Crippen molar-refractivity contribution < 1.29 is 13.2 Å². The molecule has 26 heavy (non-hydrogen) atoms. The summed E-state index contributed by atoms with van der Waals surface area (Å²) in [6.07, 6.45) is 0. The Kier molecular flexibility index (Phi) is 6.81. The Hall–Kier alpha value is -1.89. The van der Waals surface area contributed by atoms with Gasteiger partial charge >= 0.3 is 0 Å². The quantitative estimate of drug-likeness (QED) is 0.775. The van der Waals surface area contributed by atoms with Gasteiger partial charge in [0.05, 0.1) is 10.9 Å². The van der Waals surface area contributed by atoms with E-state index in [1.54, 1.807) is 38.1 Å². The molecule has 0 bridgehead atoms. The number of hydrogen-bond acceptors (Lipinski definition) is 3. The van der Waals surface area contributed by atoms with Crippen LogP contribution in [0, 0.1) is 0 Å². The molecule has 0 saturated heterocycles. The van der Waals surface area contributed by atoms with Gasteiger partial charge in [0.2, 0.25) is 10.0 Å². The Morgan fingerprint density at radius 3 is 2.31 bits per heavy atom. The molecule has 0 aliphatic heterocycles. The summed E-state index contributed by atoms with van der Waals surface area (Å²) in [6.45, 7) is 6.18. The van der Waals surface area contributed by atoms with Crippen molar-refractivity contribution in [2.75, 3.05) is 13.1 Å². The third-order valence-corrected chi connectivity index (χ3v) is 6.45. The number of benzene rings is 2. The molecule has 7 heteroatoms. The monoisotopic (exact) mass is 394 g/mol. The van der Waals surface area contributed by atoms with E-state index in [1.807, 2.05) is 19.1 Å². The molecular weight excluding hydrogens is 372 g/mol. The van der Waals surface area contributed by atoms with Crippen molar-refractivity contribution in [1.29, 1.82) is 0 Å². The fraction of sp³-hybridized carbons (Fsp3) is 0.316. The molecule has 0 radical (unpaired) electrons. The van der Waals surface area contributed by atoms with Crippen molar-refractivity contribution in [1.82, 2.24) is 9.62 Å². The van der Waals surface area contributed by atoms with E-state index in [9.17, 15) is 13.2 Å². The maximum atomic E-state index is 12.6. The van der Waals surface area contributed by atoms with E-state index in [2.05, 4.69) is 5.32 Å². The van der Waals surface area contributed by atoms with Gasteiger partial charge in [0.25, 0.3) is 5.91 Å². The number of nitrogens with one attached hydrogen (secondary N) is 1. The van der Waals surface area contributed by atoms with Crippen molar-refractivity contribution in [3.63, 3.8) is 0 Å². The van der Waals surface area contributed by atoms with Crippen LogP contribution in [0.15, 0.2) is 53.4 Å². The molecule has 0 aromatic heterocycles. The highest BCUT2D eigenvalue weighted by Gasteiger charge is 2.22. The van der Waals surface area contributed by atoms with Crippen LogP contribution in [0.5, 0.6) is 0 Å². The molecule has 140 valence electrons. The molecule has 0 aliphatic rings. The maximum Gasteiger partial charge on any atom is 0.251 e. The summed E-state index contributed by atoms with van der Waals surface area (Å²) in [7, 11) is -3.60. The number of halogens is 1. The standard InChI is InChI=1S/C19H23ClN2O3S/c1-4-22(5-2)26(24,25)18-8-6-7-16(13-18)19(23)21-14(3)15-9-11-17(20)12-10-15/h6-14H,4-5H2,1-3H3,(H,21,23). The highest BCUT2D eigenvalue weighted by Crippen LogP contribution is 2.19. The number of carbonyl (C=O) groups excluding carboxylic acids is 1. The molecule has 0 fully saturated rings. The predicted octanol–water partition coefficient (Wildman–Crippen LogP) is 3.86. The van der Waals surface area contributed by atoms with E-state index in [0.717, 1.165) is 5.56 Å². The minimum Gasteiger partial charge on any atom is -0.346 e. The summed E-state index contributed by atoms with van der Waals surface area (Å²) in [4.78, 5) is 12.7. The van der Waals surface area contributed by atoms with Crippen molar-refractivity contribution in [2.45, 2.75) is 31.7 Å². The van der Waals surface area contributed by atoms with E-state index in [0.29, 0.717) is 23.7 Å². The molecule has 2 rings (SSSR count). The van der Waals surface area contributed by atoms with Crippen LogP contribution in [-0.4, -0.2) is 31.7 Å². The summed E-state index contributed by atoms with van der Waals surface area (Å²) in [5.74, 6) is -0.330. The second-order valence-electron chi connectivity index (χ2n) is 5.86. The van der Waals surface area contributed by atoms with Crippen molar-refractivity contribution in [3.05, 3.63) is 64.7 Å². The lowest BCUT2D eigenvalue weighted by Crippen LogP contribution is -2.31. The minimum atomic E-state index is -3.60. The average molecular weight is 395 g/mol. The third-order valence-electron chi connectivity index (χ3n) is 4.16. The van der Waals surface area contributed by atoms with Crippen molar-refractivity contribution in [3.8, 4) is 0 Å². The Bertz CT molecular complexity index is 863. The molecule has 2 aromatic rings. The predicted molar refractivity (Wildman–Crippen MR) is 104 cm³/mol. The number of amides is 1. The molecule has 1 unspecified atom stereocenters. The number of nitrogens with zero attached hydrogens (tertiary/aromatic N) is 1. The largest absolute Gasteiger partial charge is 0.346 e. The molecule has 0 spiro atoms. The SMILES string of the molecule is CCN(CC)S(=O)(=O)c1cccc(C(=O)NC(C)c2ccc(Cl)cc2)c1. The van der Waals surface area contributed by atoms with Crippen LogP contribution in [0.3, 0.4) is 0 Å². The molecule has 0 heterocycles. The summed E-state index contributed by atoms with van der Waals surface area (Å²) in [5, 5.41) is 3.50. The lowest BCUT2D eigenvalue weighted by atomic mass is 10.1. The number of hydrogen-bond donors (Lipinski definition) is 1. The Morgan fingerprint density at radius 2 is 1.73 bits per heavy atom. The minimum absolute atomic E-state index is 0.119. The van der Waals surface area contributed by atoms with Gasteiger partial charge in [-0.25, -0.2) is 8.42 Å². The van der Waals surface area contributed by atoms with Gasteiger partial charge in [-0.15, -0.1) is 0 Å². The van der Waals surface area contributed by atoms with E-state index in [1.165, 1.54) is 16.4 Å². The first-order chi connectivity index (χ1) is 12.3. The molecule has 0 aliphatic carbocycles. The zero-order chi connectivity index (χ0) is 19.3. The van der Waals surface area contributed by atoms with Crippen molar-refractivity contribution in [2.24, 2.45) is 0 Å². The third kappa shape index (κ3) is 4.63. The molecule has 5 nitrogen and oxygen atoms in total. The Labute approximate surface area is 160 Å². The maximum absolute atomic E-state index is 12.6. The molecule has 1 atom stereocenters. The second-order valence-corrected chi connectivity index (χ2v) is 8.24. The van der Waals surface area contributed by atoms with Gasteiger partial charge in [-0.05, 0) is 42.8 Å². The van der Waals surface area contributed by atoms with Gasteiger partial charge in [0, 0.05) is 23.7 Å². The lowest BCUT2D eigenvalue weighted by Gasteiger charge is -2.19. The highest BCUT2D eigenvalue weighted by atomic mass is 35.5. The summed E-state index contributed by atoms with van der Waals surface area (Å²) in [5.41, 5.74) is 1.22. The fourth-order valence-electron chi connectivity index (χ4n) is 2.63. The van der Waals surface area contributed by atoms with E-state index >= 15 is 0 Å². The first-order valence-corrected chi connectivity index (χ1v) is 10.3. The lowest BCUT2D eigenvalue weighted by molar-refractivity contribution is 0.0939. The van der Waals surface area contributed by atoms with Gasteiger partial charge in [0.1, 0.15) is 0 Å². The number of carbonyl (C=O) groups is 1. The Morgan fingerprint density at radius 1 is 1.12 bits per heavy atom. The topological polar surface area (TPSA) is 66.5 Å². The smallest absolute Gasteiger partial charge is 0.251 e. The Balaban J connectivity index is 2.21. The van der Waals surface area contributed by atoms with Crippen LogP contribution >= 0.6 is 11.6 Å². The summed E-state index contributed by atoms with van der Waals surface area (Å²) >= 11 is 5.88. The van der Waals surface area contributed by atoms with Crippen LogP contribution in [0.4, 0.5) is 0 Å². The molecule has 2 aromatic carbocycles. The zero-order valence-corrected chi connectivity index (χ0v) is 16.6. The zero-order valence-electron chi connectivity index (χ0n) is 15.1. The van der Waals surface area contributed by atoms with Crippen LogP contribution in [-0.2, 0) is 10.0 Å². The van der Waals surface area contributed by atoms with Crippen LogP contribution < -0.4 is 5.32 Å². The van der Waals surface area contributed by atoms with Crippen molar-refractivity contribution >= 4 is 27.5 Å². The first-order valence-electron chi connectivity index (χ1n) is 8.46. The highest BCUT2D eigenvalue weighted by molar-refractivity contribution is 7.89. The van der Waals surface area contributed by atoms with Crippen LogP contribution in [0.1, 0.15) is 42.7 Å². The molecular formula is C19H23ClN2O3S. The first kappa shape index (κ1) is 20.4. The van der Waals surface area contributed by atoms with E-state index in [4.69, 9.17) is 11.6 Å². The molecule has 1 amide bonds. The van der Waals surface area contributed by atoms with Gasteiger partial charge in [-0.1, -0.05) is 43.6 Å². The summed E-state index contributed by atoms with van der Waals surface area (Å²) in [6, 6.07) is 13.1. The van der Waals surface area contributed by atoms with Crippen LogP contribution in [0.25, 0.3) is 0 Å². The van der Waals surface area contributed by atoms with Gasteiger partial charge < -0.3 is 5.32 Å².